The zero-order chi connectivity index (χ0) is 14.7. The fourth-order valence-electron chi connectivity index (χ4n) is 4.11. The molecule has 21 heavy (non-hydrogen) atoms. The molecule has 2 saturated carbocycles. The first-order valence-corrected chi connectivity index (χ1v) is 8.74. The number of halogens is 1. The van der Waals surface area contributed by atoms with Crippen molar-refractivity contribution in [2.75, 3.05) is 0 Å². The van der Waals surface area contributed by atoms with E-state index in [1.807, 2.05) is 6.07 Å². The van der Waals surface area contributed by atoms with Gasteiger partial charge in [0.05, 0.1) is 0 Å². The van der Waals surface area contributed by atoms with Crippen molar-refractivity contribution in [2.45, 2.75) is 76.3 Å². The second kappa shape index (κ2) is 6.91. The summed E-state index contributed by atoms with van der Waals surface area (Å²) in [5, 5.41) is 3.83. The van der Waals surface area contributed by atoms with Crippen LogP contribution in [0.25, 0.3) is 0 Å². The highest BCUT2D eigenvalue weighted by molar-refractivity contribution is 5.23. The molecule has 2 aliphatic carbocycles. The molecule has 2 fully saturated rings. The van der Waals surface area contributed by atoms with E-state index >= 15 is 0 Å². The maximum Gasteiger partial charge on any atom is 0.123 e. The second-order valence-electron chi connectivity index (χ2n) is 7.13. The van der Waals surface area contributed by atoms with E-state index in [1.54, 1.807) is 6.07 Å². The third-order valence-corrected chi connectivity index (χ3v) is 5.56. The molecule has 0 amide bonds. The van der Waals surface area contributed by atoms with E-state index in [-0.39, 0.29) is 5.82 Å². The highest BCUT2D eigenvalue weighted by Gasteiger charge is 2.32. The number of hydrogen-bond donors (Lipinski definition) is 1. The highest BCUT2D eigenvalue weighted by atomic mass is 19.1. The predicted octanol–water partition coefficient (Wildman–Crippen LogP) is 5.02. The number of nitrogens with one attached hydrogen (secondary N) is 1. The summed E-state index contributed by atoms with van der Waals surface area (Å²) in [5.41, 5.74) is 1.18. The Labute approximate surface area is 128 Å². The Kier molecular flexibility index (Phi) is 4.95. The maximum absolute atomic E-state index is 13.3. The third kappa shape index (κ3) is 3.85. The monoisotopic (exact) mass is 289 g/mol. The van der Waals surface area contributed by atoms with Crippen LogP contribution < -0.4 is 5.32 Å². The van der Waals surface area contributed by atoms with Crippen LogP contribution in [0.5, 0.6) is 0 Å². The molecule has 0 aliphatic heterocycles. The Hall–Kier alpha value is -0.890. The molecule has 1 N–H and O–H groups in total. The van der Waals surface area contributed by atoms with E-state index in [4.69, 9.17) is 0 Å². The molecule has 0 heterocycles. The first kappa shape index (κ1) is 15.0. The fourth-order valence-corrected chi connectivity index (χ4v) is 4.11. The molecule has 2 aliphatic rings. The fraction of sp³-hybridized carbons (Fsp3) is 0.684. The summed E-state index contributed by atoms with van der Waals surface area (Å²) in [6, 6.07) is 8.41. The van der Waals surface area contributed by atoms with Crippen LogP contribution in [-0.2, 0) is 0 Å². The van der Waals surface area contributed by atoms with E-state index in [2.05, 4.69) is 18.3 Å². The van der Waals surface area contributed by atoms with Gasteiger partial charge < -0.3 is 5.32 Å². The van der Waals surface area contributed by atoms with Gasteiger partial charge in [0, 0.05) is 12.1 Å². The van der Waals surface area contributed by atoms with Crippen LogP contribution in [-0.4, -0.2) is 12.1 Å². The van der Waals surface area contributed by atoms with Gasteiger partial charge in [0.25, 0.3) is 0 Å². The van der Waals surface area contributed by atoms with Gasteiger partial charge in [-0.3, -0.25) is 0 Å². The molecule has 1 aromatic carbocycles. The standard InChI is InChI=1S/C19H28FN/c1-14(15-7-4-2-3-5-8-15)21-19-12-17(13-19)16-9-6-10-18(20)11-16/h6,9-11,14-15,17,19,21H,2-5,7-8,12-13H2,1H3/t14-,17?,19?/m1/s1. The summed E-state index contributed by atoms with van der Waals surface area (Å²) in [7, 11) is 0. The Morgan fingerprint density at radius 2 is 1.81 bits per heavy atom. The lowest BCUT2D eigenvalue weighted by atomic mass is 9.75. The Bertz CT molecular complexity index is 445. The molecule has 1 nitrogen and oxygen atoms in total. The van der Waals surface area contributed by atoms with Gasteiger partial charge in [-0.2, -0.15) is 0 Å². The molecule has 2 heteroatoms. The Balaban J connectivity index is 1.45. The molecule has 116 valence electrons. The summed E-state index contributed by atoms with van der Waals surface area (Å²) in [5.74, 6) is 1.32. The predicted molar refractivity (Wildman–Crippen MR) is 86.0 cm³/mol. The zero-order valence-electron chi connectivity index (χ0n) is 13.2. The third-order valence-electron chi connectivity index (χ3n) is 5.56. The summed E-state index contributed by atoms with van der Waals surface area (Å²) in [4.78, 5) is 0. The van der Waals surface area contributed by atoms with Gasteiger partial charge in [-0.25, -0.2) is 4.39 Å². The summed E-state index contributed by atoms with van der Waals surface area (Å²) in [6.45, 7) is 2.37. The van der Waals surface area contributed by atoms with Crippen molar-refractivity contribution in [1.29, 1.82) is 0 Å². The lowest BCUT2D eigenvalue weighted by Gasteiger charge is -2.39. The van der Waals surface area contributed by atoms with Gasteiger partial charge in [0.15, 0.2) is 0 Å². The Morgan fingerprint density at radius 1 is 1.10 bits per heavy atom. The summed E-state index contributed by atoms with van der Waals surface area (Å²) < 4.78 is 13.3. The largest absolute Gasteiger partial charge is 0.311 e. The van der Waals surface area contributed by atoms with Crippen LogP contribution in [0.4, 0.5) is 4.39 Å². The topological polar surface area (TPSA) is 12.0 Å². The molecule has 1 atom stereocenters. The highest BCUT2D eigenvalue weighted by Crippen LogP contribution is 2.38. The summed E-state index contributed by atoms with van der Waals surface area (Å²) >= 11 is 0. The minimum absolute atomic E-state index is 0.101. The van der Waals surface area contributed by atoms with Crippen LogP contribution in [0, 0.1) is 11.7 Å². The molecular formula is C19H28FN. The number of rotatable bonds is 4. The van der Waals surface area contributed by atoms with E-state index < -0.39 is 0 Å². The molecule has 0 saturated heterocycles. The Morgan fingerprint density at radius 3 is 2.48 bits per heavy atom. The normalized spacial score (nSPS) is 28.7. The maximum atomic E-state index is 13.3. The van der Waals surface area contributed by atoms with Crippen LogP contribution in [0.15, 0.2) is 24.3 Å². The molecule has 0 radical (unpaired) electrons. The SMILES string of the molecule is C[C@@H](NC1CC(c2cccc(F)c2)C1)C1CCCCCC1. The first-order valence-electron chi connectivity index (χ1n) is 8.74. The van der Waals surface area contributed by atoms with E-state index in [9.17, 15) is 4.39 Å². The van der Waals surface area contributed by atoms with Crippen LogP contribution in [0.1, 0.15) is 69.8 Å². The van der Waals surface area contributed by atoms with Crippen molar-refractivity contribution in [2.24, 2.45) is 5.92 Å². The van der Waals surface area contributed by atoms with Gasteiger partial charge in [-0.15, -0.1) is 0 Å². The molecule has 0 spiro atoms. The van der Waals surface area contributed by atoms with Gasteiger partial charge in [0.2, 0.25) is 0 Å². The molecule has 0 aromatic heterocycles. The van der Waals surface area contributed by atoms with Crippen LogP contribution in [0.2, 0.25) is 0 Å². The van der Waals surface area contributed by atoms with Crippen molar-refractivity contribution in [3.05, 3.63) is 35.6 Å². The van der Waals surface area contributed by atoms with Crippen molar-refractivity contribution in [3.8, 4) is 0 Å². The molecular weight excluding hydrogens is 261 g/mol. The summed E-state index contributed by atoms with van der Waals surface area (Å²) in [6.07, 6.45) is 10.8. The molecule has 3 rings (SSSR count). The van der Waals surface area contributed by atoms with E-state index in [0.717, 1.165) is 5.92 Å². The van der Waals surface area contributed by atoms with Gasteiger partial charge >= 0.3 is 0 Å². The quantitative estimate of drug-likeness (QED) is 0.767. The minimum Gasteiger partial charge on any atom is -0.311 e. The van der Waals surface area contributed by atoms with Crippen molar-refractivity contribution < 1.29 is 4.39 Å². The molecule has 0 unspecified atom stereocenters. The average Bonchev–Trinajstić information content (AvgIpc) is 2.71. The number of hydrogen-bond acceptors (Lipinski definition) is 1. The van der Waals surface area contributed by atoms with E-state index in [0.29, 0.717) is 18.0 Å². The molecule has 0 bridgehead atoms. The van der Waals surface area contributed by atoms with Crippen LogP contribution in [0.3, 0.4) is 0 Å². The number of benzene rings is 1. The van der Waals surface area contributed by atoms with Crippen molar-refractivity contribution in [1.82, 2.24) is 5.32 Å². The van der Waals surface area contributed by atoms with Gasteiger partial charge in [0.1, 0.15) is 5.82 Å². The van der Waals surface area contributed by atoms with E-state index in [1.165, 1.54) is 63.0 Å². The van der Waals surface area contributed by atoms with Crippen LogP contribution >= 0.6 is 0 Å². The second-order valence-corrected chi connectivity index (χ2v) is 7.13. The first-order chi connectivity index (χ1) is 10.2. The zero-order valence-corrected chi connectivity index (χ0v) is 13.2. The smallest absolute Gasteiger partial charge is 0.123 e. The molecule has 1 aromatic rings. The lowest BCUT2D eigenvalue weighted by molar-refractivity contribution is 0.228. The van der Waals surface area contributed by atoms with Gasteiger partial charge in [-0.1, -0.05) is 37.8 Å². The van der Waals surface area contributed by atoms with Crippen molar-refractivity contribution >= 4 is 0 Å². The average molecular weight is 289 g/mol. The van der Waals surface area contributed by atoms with Crippen molar-refractivity contribution in [3.63, 3.8) is 0 Å². The lowest BCUT2D eigenvalue weighted by Crippen LogP contribution is -2.47. The van der Waals surface area contributed by atoms with Gasteiger partial charge in [-0.05, 0) is 62.1 Å². The minimum atomic E-state index is -0.101.